The smallest absolute Gasteiger partial charge is 0.0581 e. The van der Waals surface area contributed by atoms with E-state index in [1.165, 1.54) is 26.6 Å². The highest BCUT2D eigenvalue weighted by molar-refractivity contribution is 7.13. The Bertz CT molecular complexity index is 683. The van der Waals surface area contributed by atoms with Crippen LogP contribution in [0.25, 0.3) is 10.4 Å². The summed E-state index contributed by atoms with van der Waals surface area (Å²) in [4.78, 5) is 2.72. The molecular weight excluding hydrogens is 282 g/mol. The van der Waals surface area contributed by atoms with Crippen LogP contribution in [0.3, 0.4) is 0 Å². The molecule has 1 nitrogen and oxygen atoms in total. The van der Waals surface area contributed by atoms with E-state index in [1.807, 2.05) is 11.3 Å². The maximum atomic E-state index is 3.66. The molecule has 3 rings (SSSR count). The minimum absolute atomic E-state index is 0.330. The molecule has 0 bridgehead atoms. The molecule has 1 atom stereocenters. The maximum Gasteiger partial charge on any atom is 0.0581 e. The van der Waals surface area contributed by atoms with E-state index in [4.69, 9.17) is 0 Å². The Morgan fingerprint density at radius 2 is 1.80 bits per heavy atom. The standard InChI is InChI=1S/C17H17NS2/c1-12-9-11-20-17(12)13(2)18-15-7-4-3-6-14(15)16-8-5-10-19-16/h3-11,13,18H,1-2H3. The summed E-state index contributed by atoms with van der Waals surface area (Å²) >= 11 is 3.60. The molecule has 3 heteroatoms. The highest BCUT2D eigenvalue weighted by Crippen LogP contribution is 2.34. The zero-order valence-corrected chi connectivity index (χ0v) is 13.2. The van der Waals surface area contributed by atoms with Crippen LogP contribution in [0, 0.1) is 6.92 Å². The molecule has 0 fully saturated rings. The zero-order chi connectivity index (χ0) is 13.9. The molecule has 0 aliphatic rings. The lowest BCUT2D eigenvalue weighted by Gasteiger charge is -2.17. The Kier molecular flexibility index (Phi) is 3.90. The van der Waals surface area contributed by atoms with Crippen LogP contribution in [0.1, 0.15) is 23.4 Å². The number of benzene rings is 1. The summed E-state index contributed by atoms with van der Waals surface area (Å²) in [6.07, 6.45) is 0. The molecule has 0 aliphatic heterocycles. The average Bonchev–Trinajstić information content (AvgIpc) is 3.10. The predicted molar refractivity (Wildman–Crippen MR) is 90.8 cm³/mol. The van der Waals surface area contributed by atoms with Gasteiger partial charge in [-0.05, 0) is 48.4 Å². The van der Waals surface area contributed by atoms with E-state index in [9.17, 15) is 0 Å². The summed E-state index contributed by atoms with van der Waals surface area (Å²) in [6.45, 7) is 4.40. The van der Waals surface area contributed by atoms with Crippen molar-refractivity contribution in [2.24, 2.45) is 0 Å². The van der Waals surface area contributed by atoms with Crippen LogP contribution in [0.5, 0.6) is 0 Å². The fourth-order valence-electron chi connectivity index (χ4n) is 2.38. The average molecular weight is 299 g/mol. The Hall–Kier alpha value is -1.58. The number of nitrogens with one attached hydrogen (secondary N) is 1. The third-order valence-corrected chi connectivity index (χ3v) is 5.49. The van der Waals surface area contributed by atoms with E-state index in [2.05, 4.69) is 72.4 Å². The molecule has 3 aromatic rings. The molecule has 2 aromatic heterocycles. The monoisotopic (exact) mass is 299 g/mol. The number of thiophene rings is 2. The van der Waals surface area contributed by atoms with Crippen molar-refractivity contribution < 1.29 is 0 Å². The normalized spacial score (nSPS) is 12.3. The Labute approximate surface area is 127 Å². The molecule has 1 N–H and O–H groups in total. The van der Waals surface area contributed by atoms with Gasteiger partial charge in [-0.3, -0.25) is 0 Å². The van der Waals surface area contributed by atoms with Crippen LogP contribution < -0.4 is 5.32 Å². The number of para-hydroxylation sites is 1. The van der Waals surface area contributed by atoms with Crippen LogP contribution in [0.2, 0.25) is 0 Å². The number of hydrogen-bond donors (Lipinski definition) is 1. The van der Waals surface area contributed by atoms with Gasteiger partial charge in [-0.15, -0.1) is 22.7 Å². The minimum atomic E-state index is 0.330. The molecule has 20 heavy (non-hydrogen) atoms. The molecule has 0 saturated heterocycles. The van der Waals surface area contributed by atoms with E-state index in [0.717, 1.165) is 0 Å². The zero-order valence-electron chi connectivity index (χ0n) is 11.6. The van der Waals surface area contributed by atoms with E-state index in [0.29, 0.717) is 6.04 Å². The number of hydrogen-bond acceptors (Lipinski definition) is 3. The van der Waals surface area contributed by atoms with Crippen LogP contribution in [0.15, 0.2) is 53.2 Å². The first-order chi connectivity index (χ1) is 9.75. The highest BCUT2D eigenvalue weighted by Gasteiger charge is 2.12. The summed E-state index contributed by atoms with van der Waals surface area (Å²) in [5.74, 6) is 0. The van der Waals surface area contributed by atoms with Gasteiger partial charge in [-0.2, -0.15) is 0 Å². The third-order valence-electron chi connectivity index (χ3n) is 3.38. The van der Waals surface area contributed by atoms with E-state index in [1.54, 1.807) is 11.3 Å². The van der Waals surface area contributed by atoms with Crippen molar-refractivity contribution >= 4 is 28.4 Å². The maximum absolute atomic E-state index is 3.66. The fourth-order valence-corrected chi connectivity index (χ4v) is 4.08. The van der Waals surface area contributed by atoms with Crippen molar-refractivity contribution in [1.82, 2.24) is 0 Å². The van der Waals surface area contributed by atoms with Gasteiger partial charge in [0.1, 0.15) is 0 Å². The topological polar surface area (TPSA) is 12.0 Å². The molecule has 0 radical (unpaired) electrons. The predicted octanol–water partition coefficient (Wildman–Crippen LogP) is 5.96. The molecule has 0 aliphatic carbocycles. The first kappa shape index (κ1) is 13.4. The Balaban J connectivity index is 1.90. The highest BCUT2D eigenvalue weighted by atomic mass is 32.1. The number of aryl methyl sites for hydroxylation is 1. The quantitative estimate of drug-likeness (QED) is 0.627. The second-order valence-corrected chi connectivity index (χ2v) is 6.75. The van der Waals surface area contributed by atoms with E-state index >= 15 is 0 Å². The van der Waals surface area contributed by atoms with Gasteiger partial charge in [0.2, 0.25) is 0 Å². The lowest BCUT2D eigenvalue weighted by atomic mass is 10.1. The number of anilines is 1. The van der Waals surface area contributed by atoms with Crippen molar-refractivity contribution in [3.05, 3.63) is 63.7 Å². The van der Waals surface area contributed by atoms with E-state index < -0.39 is 0 Å². The summed E-state index contributed by atoms with van der Waals surface area (Å²) in [5.41, 5.74) is 3.85. The van der Waals surface area contributed by atoms with Crippen molar-refractivity contribution in [2.75, 3.05) is 5.32 Å². The SMILES string of the molecule is Cc1ccsc1C(C)Nc1ccccc1-c1cccs1. The molecule has 102 valence electrons. The Morgan fingerprint density at radius 1 is 0.950 bits per heavy atom. The first-order valence-electron chi connectivity index (χ1n) is 6.69. The molecule has 1 unspecified atom stereocenters. The molecule has 2 heterocycles. The van der Waals surface area contributed by atoms with Gasteiger partial charge in [-0.1, -0.05) is 24.3 Å². The van der Waals surface area contributed by atoms with Gasteiger partial charge in [0.15, 0.2) is 0 Å². The molecule has 1 aromatic carbocycles. The van der Waals surface area contributed by atoms with Crippen molar-refractivity contribution in [2.45, 2.75) is 19.9 Å². The fraction of sp³-hybridized carbons (Fsp3) is 0.176. The van der Waals surface area contributed by atoms with Gasteiger partial charge in [0.05, 0.1) is 6.04 Å². The van der Waals surface area contributed by atoms with Gasteiger partial charge in [0, 0.05) is 21.0 Å². The van der Waals surface area contributed by atoms with Gasteiger partial charge >= 0.3 is 0 Å². The second-order valence-electron chi connectivity index (χ2n) is 4.86. The van der Waals surface area contributed by atoms with Crippen LogP contribution in [-0.4, -0.2) is 0 Å². The van der Waals surface area contributed by atoms with Gasteiger partial charge in [0.25, 0.3) is 0 Å². The summed E-state index contributed by atoms with van der Waals surface area (Å²) < 4.78 is 0. The molecular formula is C17H17NS2. The second kappa shape index (κ2) is 5.81. The van der Waals surface area contributed by atoms with Crippen LogP contribution >= 0.6 is 22.7 Å². The van der Waals surface area contributed by atoms with Gasteiger partial charge in [-0.25, -0.2) is 0 Å². The summed E-state index contributed by atoms with van der Waals surface area (Å²) in [7, 11) is 0. The lowest BCUT2D eigenvalue weighted by molar-refractivity contribution is 0.900. The molecule has 0 amide bonds. The minimum Gasteiger partial charge on any atom is -0.377 e. The largest absolute Gasteiger partial charge is 0.377 e. The van der Waals surface area contributed by atoms with Gasteiger partial charge < -0.3 is 5.32 Å². The lowest BCUT2D eigenvalue weighted by Crippen LogP contribution is -2.06. The third kappa shape index (κ3) is 2.65. The van der Waals surface area contributed by atoms with Crippen molar-refractivity contribution in [3.8, 4) is 10.4 Å². The molecule has 0 spiro atoms. The molecule has 0 saturated carbocycles. The summed E-state index contributed by atoms with van der Waals surface area (Å²) in [6, 6.07) is 15.3. The number of rotatable bonds is 4. The van der Waals surface area contributed by atoms with Crippen LogP contribution in [-0.2, 0) is 0 Å². The first-order valence-corrected chi connectivity index (χ1v) is 8.45. The van der Waals surface area contributed by atoms with Crippen molar-refractivity contribution in [3.63, 3.8) is 0 Å². The van der Waals surface area contributed by atoms with Crippen LogP contribution in [0.4, 0.5) is 5.69 Å². The van der Waals surface area contributed by atoms with Crippen molar-refractivity contribution in [1.29, 1.82) is 0 Å². The summed E-state index contributed by atoms with van der Waals surface area (Å²) in [5, 5.41) is 7.94. The van der Waals surface area contributed by atoms with E-state index in [-0.39, 0.29) is 0 Å². The Morgan fingerprint density at radius 3 is 2.50 bits per heavy atom.